The molecule has 0 unspecified atom stereocenters. The van der Waals surface area contributed by atoms with E-state index in [1.165, 1.54) is 17.0 Å². The number of hydrogen-bond donors (Lipinski definition) is 5. The van der Waals surface area contributed by atoms with Gasteiger partial charge in [0, 0.05) is 12.4 Å². The average molecular weight is 363 g/mol. The minimum absolute atomic E-state index is 0.0142. The standard InChI is InChI=1S/C10H14N5O8P/c11-8-12-9-14(1-2-15(9)10(18)13-8)7-6(17)5(16)4(23-7)3-22-24(19,20)21/h1-2,4-7,16-17H,3H2,(H2,11,13,18)(H2,19,20,21)/t4-,5-,6-,7-/m1/s1. The molecule has 13 nitrogen and oxygen atoms in total. The van der Waals surface area contributed by atoms with Crippen LogP contribution in [-0.4, -0.2) is 63.9 Å². The van der Waals surface area contributed by atoms with Crippen molar-refractivity contribution in [2.75, 3.05) is 12.3 Å². The van der Waals surface area contributed by atoms with E-state index < -0.39 is 44.7 Å². The lowest BCUT2D eigenvalue weighted by molar-refractivity contribution is -0.0503. The Kier molecular flexibility index (Phi) is 4.17. The molecule has 0 bridgehead atoms. The van der Waals surface area contributed by atoms with Gasteiger partial charge in [-0.3, -0.25) is 9.09 Å². The molecular formula is C10H14N5O8P. The highest BCUT2D eigenvalue weighted by atomic mass is 31.2. The number of aromatic nitrogens is 4. The van der Waals surface area contributed by atoms with Crippen molar-refractivity contribution in [1.82, 2.24) is 18.9 Å². The molecule has 132 valence electrons. The highest BCUT2D eigenvalue weighted by Gasteiger charge is 2.45. The van der Waals surface area contributed by atoms with E-state index in [1.807, 2.05) is 0 Å². The van der Waals surface area contributed by atoms with Gasteiger partial charge in [0.25, 0.3) is 0 Å². The minimum atomic E-state index is -4.76. The molecule has 3 rings (SSSR count). The number of imidazole rings is 1. The quantitative estimate of drug-likeness (QED) is 0.352. The van der Waals surface area contributed by atoms with Gasteiger partial charge in [0.05, 0.1) is 6.61 Å². The number of anilines is 1. The predicted octanol–water partition coefficient (Wildman–Crippen LogP) is -2.80. The molecule has 0 amide bonds. The molecule has 0 radical (unpaired) electrons. The fourth-order valence-electron chi connectivity index (χ4n) is 2.40. The number of ether oxygens (including phenoxy) is 1. The third kappa shape index (κ3) is 3.06. The summed E-state index contributed by atoms with van der Waals surface area (Å²) >= 11 is 0. The van der Waals surface area contributed by atoms with E-state index in [-0.39, 0.29) is 11.7 Å². The molecule has 2 aromatic rings. The first kappa shape index (κ1) is 17.0. The molecule has 0 aliphatic carbocycles. The molecule has 0 saturated carbocycles. The van der Waals surface area contributed by atoms with Crippen molar-refractivity contribution < 1.29 is 33.8 Å². The van der Waals surface area contributed by atoms with Crippen LogP contribution in [0.15, 0.2) is 17.2 Å². The van der Waals surface area contributed by atoms with Gasteiger partial charge in [-0.05, 0) is 0 Å². The summed E-state index contributed by atoms with van der Waals surface area (Å²) < 4.78 is 22.7. The molecule has 1 fully saturated rings. The Morgan fingerprint density at radius 3 is 2.67 bits per heavy atom. The van der Waals surface area contributed by atoms with E-state index in [2.05, 4.69) is 14.5 Å². The molecule has 2 aromatic heterocycles. The molecule has 1 aliphatic heterocycles. The SMILES string of the molecule is Nc1nc(=O)n2ccn([C@@H]3O[C@H](COP(=O)(O)O)[C@@H](O)[C@H]3O)c2n1. The number of aliphatic hydroxyl groups is 2. The van der Waals surface area contributed by atoms with Crippen molar-refractivity contribution in [1.29, 1.82) is 0 Å². The lowest BCUT2D eigenvalue weighted by Gasteiger charge is -2.16. The van der Waals surface area contributed by atoms with Crippen molar-refractivity contribution in [2.45, 2.75) is 24.5 Å². The molecule has 4 atom stereocenters. The Bertz CT molecular complexity index is 861. The van der Waals surface area contributed by atoms with Crippen molar-refractivity contribution >= 4 is 19.5 Å². The molecular weight excluding hydrogens is 349 g/mol. The number of rotatable bonds is 4. The van der Waals surface area contributed by atoms with Crippen LogP contribution in [0, 0.1) is 0 Å². The molecule has 24 heavy (non-hydrogen) atoms. The zero-order valence-corrected chi connectivity index (χ0v) is 12.8. The molecule has 3 heterocycles. The first-order valence-electron chi connectivity index (χ1n) is 6.62. The second-order valence-electron chi connectivity index (χ2n) is 5.07. The first-order valence-corrected chi connectivity index (χ1v) is 8.15. The molecule has 14 heteroatoms. The summed E-state index contributed by atoms with van der Waals surface area (Å²) in [6, 6.07) is 0. The summed E-state index contributed by atoms with van der Waals surface area (Å²) in [5.74, 6) is -0.269. The maximum atomic E-state index is 11.7. The third-order valence-electron chi connectivity index (χ3n) is 3.47. The van der Waals surface area contributed by atoms with Gasteiger partial charge in [-0.15, -0.1) is 0 Å². The van der Waals surface area contributed by atoms with E-state index in [0.29, 0.717) is 0 Å². The van der Waals surface area contributed by atoms with Crippen molar-refractivity contribution in [3.8, 4) is 0 Å². The fourth-order valence-corrected chi connectivity index (χ4v) is 2.74. The van der Waals surface area contributed by atoms with E-state index in [9.17, 15) is 19.6 Å². The van der Waals surface area contributed by atoms with Crippen molar-refractivity contribution in [3.05, 3.63) is 22.9 Å². The summed E-state index contributed by atoms with van der Waals surface area (Å²) in [6.07, 6.45) is -2.64. The average Bonchev–Trinajstić information content (AvgIpc) is 3.00. The Morgan fingerprint density at radius 2 is 2.00 bits per heavy atom. The van der Waals surface area contributed by atoms with Crippen LogP contribution >= 0.6 is 7.82 Å². The molecule has 0 spiro atoms. The Morgan fingerprint density at radius 1 is 1.29 bits per heavy atom. The zero-order chi connectivity index (χ0) is 17.6. The maximum absolute atomic E-state index is 11.7. The van der Waals surface area contributed by atoms with Crippen LogP contribution in [0.25, 0.3) is 5.78 Å². The number of aliphatic hydroxyl groups excluding tert-OH is 2. The summed E-state index contributed by atoms with van der Waals surface area (Å²) in [7, 11) is -4.76. The van der Waals surface area contributed by atoms with Crippen LogP contribution in [-0.2, 0) is 13.8 Å². The van der Waals surface area contributed by atoms with Crippen LogP contribution in [0.4, 0.5) is 5.95 Å². The van der Waals surface area contributed by atoms with E-state index >= 15 is 0 Å². The highest BCUT2D eigenvalue weighted by molar-refractivity contribution is 7.46. The van der Waals surface area contributed by atoms with Gasteiger partial charge < -0.3 is 30.5 Å². The van der Waals surface area contributed by atoms with Gasteiger partial charge in [-0.2, -0.15) is 9.97 Å². The Balaban J connectivity index is 1.90. The Labute approximate surface area is 133 Å². The predicted molar refractivity (Wildman–Crippen MR) is 75.6 cm³/mol. The largest absolute Gasteiger partial charge is 0.469 e. The highest BCUT2D eigenvalue weighted by Crippen LogP contribution is 2.38. The zero-order valence-electron chi connectivity index (χ0n) is 11.9. The third-order valence-corrected chi connectivity index (χ3v) is 3.96. The summed E-state index contributed by atoms with van der Waals surface area (Å²) in [5.41, 5.74) is 4.74. The van der Waals surface area contributed by atoms with Crippen molar-refractivity contribution in [3.63, 3.8) is 0 Å². The van der Waals surface area contributed by atoms with Gasteiger partial charge in [0.15, 0.2) is 6.23 Å². The molecule has 6 N–H and O–H groups in total. The fraction of sp³-hybridized carbons (Fsp3) is 0.500. The lowest BCUT2D eigenvalue weighted by atomic mass is 10.1. The van der Waals surface area contributed by atoms with Gasteiger partial charge in [0.2, 0.25) is 11.7 Å². The van der Waals surface area contributed by atoms with Gasteiger partial charge in [-0.25, -0.2) is 13.8 Å². The lowest BCUT2D eigenvalue weighted by Crippen LogP contribution is -2.33. The number of phosphoric acid groups is 1. The van der Waals surface area contributed by atoms with Gasteiger partial charge in [-0.1, -0.05) is 0 Å². The monoisotopic (exact) mass is 363 g/mol. The second-order valence-corrected chi connectivity index (χ2v) is 6.31. The smallest absolute Gasteiger partial charge is 0.387 e. The van der Waals surface area contributed by atoms with Gasteiger partial charge in [0.1, 0.15) is 18.3 Å². The van der Waals surface area contributed by atoms with Crippen LogP contribution in [0.2, 0.25) is 0 Å². The number of nitrogen functional groups attached to an aromatic ring is 1. The number of hydrogen-bond acceptors (Lipinski definition) is 9. The molecule has 0 aromatic carbocycles. The molecule has 1 saturated heterocycles. The normalized spacial score (nSPS) is 27.8. The van der Waals surface area contributed by atoms with E-state index in [1.54, 1.807) is 0 Å². The Hall–Kier alpha value is -1.86. The van der Waals surface area contributed by atoms with Crippen LogP contribution in [0.3, 0.4) is 0 Å². The number of nitrogens with two attached hydrogens (primary N) is 1. The van der Waals surface area contributed by atoms with E-state index in [4.69, 9.17) is 20.3 Å². The van der Waals surface area contributed by atoms with Gasteiger partial charge >= 0.3 is 13.5 Å². The summed E-state index contributed by atoms with van der Waals surface area (Å²) in [6.45, 7) is -0.644. The van der Waals surface area contributed by atoms with Crippen LogP contribution in [0.1, 0.15) is 6.23 Å². The molecule has 1 aliphatic rings. The maximum Gasteiger partial charge on any atom is 0.469 e. The number of nitrogens with zero attached hydrogens (tertiary/aromatic N) is 4. The van der Waals surface area contributed by atoms with Crippen LogP contribution < -0.4 is 11.4 Å². The topological polar surface area (TPSA) is 195 Å². The number of fused-ring (bicyclic) bond motifs is 1. The number of phosphoric ester groups is 1. The summed E-state index contributed by atoms with van der Waals surface area (Å²) in [5, 5.41) is 20.1. The second kappa shape index (κ2) is 5.89. The minimum Gasteiger partial charge on any atom is -0.387 e. The first-order chi connectivity index (χ1) is 11.2. The van der Waals surface area contributed by atoms with Crippen molar-refractivity contribution in [2.24, 2.45) is 0 Å². The van der Waals surface area contributed by atoms with E-state index in [0.717, 1.165) is 4.40 Å². The summed E-state index contributed by atoms with van der Waals surface area (Å²) in [4.78, 5) is 36.4. The van der Waals surface area contributed by atoms with Crippen LogP contribution in [0.5, 0.6) is 0 Å².